The second-order valence-corrected chi connectivity index (χ2v) is 5.41. The smallest absolute Gasteiger partial charge is 0.292 e. The molecule has 0 aromatic heterocycles. The van der Waals surface area contributed by atoms with E-state index in [0.29, 0.717) is 13.0 Å². The van der Waals surface area contributed by atoms with Crippen molar-refractivity contribution in [3.05, 3.63) is 76.0 Å². The summed E-state index contributed by atoms with van der Waals surface area (Å²) in [6.07, 6.45) is 1.92. The maximum Gasteiger partial charge on any atom is 0.292 e. The van der Waals surface area contributed by atoms with E-state index in [0.717, 1.165) is 11.3 Å². The topological polar surface area (TPSA) is 117 Å². The van der Waals surface area contributed by atoms with Crippen molar-refractivity contribution in [3.63, 3.8) is 0 Å². The van der Waals surface area contributed by atoms with Gasteiger partial charge in [-0.25, -0.2) is 0 Å². The van der Waals surface area contributed by atoms with Crippen LogP contribution in [-0.4, -0.2) is 24.5 Å². The molecular weight excluding hydrogens is 348 g/mol. The Morgan fingerprint density at radius 2 is 1.96 bits per heavy atom. The molecule has 8 nitrogen and oxygen atoms in total. The van der Waals surface area contributed by atoms with Crippen LogP contribution in [0.3, 0.4) is 0 Å². The summed E-state index contributed by atoms with van der Waals surface area (Å²) in [7, 11) is 1.59. The predicted molar refractivity (Wildman–Crippen MR) is 100 cm³/mol. The highest BCUT2D eigenvalue weighted by Gasteiger charge is 2.17. The van der Waals surface area contributed by atoms with E-state index >= 15 is 0 Å². The first kappa shape index (κ1) is 19.5. The summed E-state index contributed by atoms with van der Waals surface area (Å²) in [5, 5.41) is 25.5. The monoisotopic (exact) mass is 366 g/mol. The summed E-state index contributed by atoms with van der Waals surface area (Å²) in [5.74, 6) is 0.0366. The van der Waals surface area contributed by atoms with Crippen LogP contribution in [0, 0.1) is 21.4 Å². The summed E-state index contributed by atoms with van der Waals surface area (Å²) in [4.78, 5) is 22.6. The van der Waals surface area contributed by atoms with E-state index in [1.165, 1.54) is 24.4 Å². The van der Waals surface area contributed by atoms with Crippen LogP contribution in [0.5, 0.6) is 5.75 Å². The van der Waals surface area contributed by atoms with Gasteiger partial charge in [-0.2, -0.15) is 5.26 Å². The van der Waals surface area contributed by atoms with Crippen LogP contribution >= 0.6 is 0 Å². The van der Waals surface area contributed by atoms with Gasteiger partial charge in [0.1, 0.15) is 23.1 Å². The molecule has 0 aliphatic heterocycles. The first-order valence-corrected chi connectivity index (χ1v) is 8.07. The highest BCUT2D eigenvalue weighted by atomic mass is 16.6. The summed E-state index contributed by atoms with van der Waals surface area (Å²) in [6, 6.07) is 15.1. The number of nitro groups is 1. The fourth-order valence-electron chi connectivity index (χ4n) is 2.37. The molecule has 0 unspecified atom stereocenters. The van der Waals surface area contributed by atoms with Crippen molar-refractivity contribution in [2.45, 2.75) is 6.42 Å². The SMILES string of the molecule is COc1ccccc1CCN/C=C(/C#N)C(=O)Nc1ccccc1[N+](=O)[O-]. The molecule has 0 spiro atoms. The minimum atomic E-state index is -0.725. The van der Waals surface area contributed by atoms with Crippen LogP contribution in [0.1, 0.15) is 5.56 Å². The van der Waals surface area contributed by atoms with E-state index in [2.05, 4.69) is 10.6 Å². The number of carbonyl (C=O) groups is 1. The van der Waals surface area contributed by atoms with Crippen LogP contribution in [0.2, 0.25) is 0 Å². The number of amides is 1. The number of anilines is 1. The summed E-state index contributed by atoms with van der Waals surface area (Å²) in [6.45, 7) is 0.477. The van der Waals surface area contributed by atoms with E-state index in [9.17, 15) is 20.2 Å². The number of nitrogens with one attached hydrogen (secondary N) is 2. The standard InChI is InChI=1S/C19H18N4O4/c1-27-18-9-5-2-6-14(18)10-11-21-13-15(12-20)19(24)22-16-7-3-4-8-17(16)23(25)26/h2-9,13,21H,10-11H2,1H3,(H,22,24)/b15-13-. The number of nitrogens with zero attached hydrogens (tertiary/aromatic N) is 2. The van der Waals surface area contributed by atoms with Gasteiger partial charge in [0, 0.05) is 18.8 Å². The number of hydrogen-bond acceptors (Lipinski definition) is 6. The number of nitro benzene ring substituents is 1. The molecular formula is C19H18N4O4. The molecule has 0 aliphatic carbocycles. The fourth-order valence-corrected chi connectivity index (χ4v) is 2.37. The number of carbonyl (C=O) groups excluding carboxylic acids is 1. The first-order chi connectivity index (χ1) is 13.1. The van der Waals surface area contributed by atoms with Crippen molar-refractivity contribution >= 4 is 17.3 Å². The van der Waals surface area contributed by atoms with E-state index in [1.807, 2.05) is 24.3 Å². The van der Waals surface area contributed by atoms with Crippen molar-refractivity contribution in [2.75, 3.05) is 19.0 Å². The van der Waals surface area contributed by atoms with Gasteiger partial charge in [-0.15, -0.1) is 0 Å². The molecule has 2 N–H and O–H groups in total. The van der Waals surface area contributed by atoms with Gasteiger partial charge in [0.25, 0.3) is 11.6 Å². The van der Waals surface area contributed by atoms with Crippen molar-refractivity contribution in [1.29, 1.82) is 5.26 Å². The zero-order chi connectivity index (χ0) is 19.6. The molecule has 138 valence electrons. The van der Waals surface area contributed by atoms with Gasteiger partial charge < -0.3 is 15.4 Å². The highest BCUT2D eigenvalue weighted by molar-refractivity contribution is 6.07. The lowest BCUT2D eigenvalue weighted by atomic mass is 10.1. The molecule has 0 heterocycles. The molecule has 0 saturated carbocycles. The van der Waals surface area contributed by atoms with E-state index in [4.69, 9.17) is 4.74 Å². The molecule has 2 aromatic carbocycles. The van der Waals surface area contributed by atoms with Crippen LogP contribution in [-0.2, 0) is 11.2 Å². The van der Waals surface area contributed by atoms with Crippen LogP contribution < -0.4 is 15.4 Å². The van der Waals surface area contributed by atoms with Crippen LogP contribution in [0.15, 0.2) is 60.3 Å². The Morgan fingerprint density at radius 3 is 2.67 bits per heavy atom. The Balaban J connectivity index is 1.99. The molecule has 0 radical (unpaired) electrons. The number of methoxy groups -OCH3 is 1. The van der Waals surface area contributed by atoms with Crippen molar-refractivity contribution < 1.29 is 14.5 Å². The number of para-hydroxylation sites is 3. The lowest BCUT2D eigenvalue weighted by Crippen LogP contribution is -2.18. The molecule has 8 heteroatoms. The lowest BCUT2D eigenvalue weighted by Gasteiger charge is -2.08. The normalized spacial score (nSPS) is 10.6. The third kappa shape index (κ3) is 5.31. The molecule has 1 amide bonds. The Kier molecular flexibility index (Phi) is 6.91. The van der Waals surface area contributed by atoms with Crippen LogP contribution in [0.4, 0.5) is 11.4 Å². The van der Waals surface area contributed by atoms with Crippen LogP contribution in [0.25, 0.3) is 0 Å². The largest absolute Gasteiger partial charge is 0.496 e. The van der Waals surface area contributed by atoms with E-state index in [-0.39, 0.29) is 16.9 Å². The first-order valence-electron chi connectivity index (χ1n) is 8.07. The van der Waals surface area contributed by atoms with Crippen molar-refractivity contribution in [3.8, 4) is 11.8 Å². The molecule has 2 aromatic rings. The molecule has 0 fully saturated rings. The van der Waals surface area contributed by atoms with E-state index < -0.39 is 10.8 Å². The Bertz CT molecular complexity index is 903. The molecule has 0 atom stereocenters. The third-order valence-electron chi connectivity index (χ3n) is 3.69. The lowest BCUT2D eigenvalue weighted by molar-refractivity contribution is -0.383. The molecule has 0 aliphatic rings. The molecule has 2 rings (SSSR count). The average molecular weight is 366 g/mol. The maximum absolute atomic E-state index is 12.2. The number of hydrogen-bond donors (Lipinski definition) is 2. The zero-order valence-electron chi connectivity index (χ0n) is 14.6. The number of nitriles is 1. The zero-order valence-corrected chi connectivity index (χ0v) is 14.6. The van der Waals surface area contributed by atoms with Gasteiger partial charge in [0.05, 0.1) is 12.0 Å². The van der Waals surface area contributed by atoms with Gasteiger partial charge in [-0.1, -0.05) is 30.3 Å². The van der Waals surface area contributed by atoms with Gasteiger partial charge in [-0.05, 0) is 24.1 Å². The maximum atomic E-state index is 12.2. The predicted octanol–water partition coefficient (Wildman–Crippen LogP) is 2.78. The Hall–Kier alpha value is -3.86. The number of rotatable bonds is 8. The van der Waals surface area contributed by atoms with Gasteiger partial charge in [0.2, 0.25) is 0 Å². The average Bonchev–Trinajstić information content (AvgIpc) is 2.68. The minimum Gasteiger partial charge on any atom is -0.496 e. The van der Waals surface area contributed by atoms with Gasteiger partial charge >= 0.3 is 0 Å². The van der Waals surface area contributed by atoms with Crippen molar-refractivity contribution in [2.24, 2.45) is 0 Å². The number of ether oxygens (including phenoxy) is 1. The summed E-state index contributed by atoms with van der Waals surface area (Å²) < 4.78 is 5.27. The van der Waals surface area contributed by atoms with Gasteiger partial charge in [0.15, 0.2) is 0 Å². The van der Waals surface area contributed by atoms with E-state index in [1.54, 1.807) is 19.2 Å². The fraction of sp³-hybridized carbons (Fsp3) is 0.158. The third-order valence-corrected chi connectivity index (χ3v) is 3.69. The Morgan fingerprint density at radius 1 is 1.26 bits per heavy atom. The minimum absolute atomic E-state index is 0.0303. The quantitative estimate of drug-likeness (QED) is 0.244. The molecule has 27 heavy (non-hydrogen) atoms. The van der Waals surface area contributed by atoms with Gasteiger partial charge in [-0.3, -0.25) is 14.9 Å². The van der Waals surface area contributed by atoms with Crippen molar-refractivity contribution in [1.82, 2.24) is 5.32 Å². The second-order valence-electron chi connectivity index (χ2n) is 5.41. The summed E-state index contributed by atoms with van der Waals surface area (Å²) >= 11 is 0. The highest BCUT2D eigenvalue weighted by Crippen LogP contribution is 2.23. The number of benzene rings is 2. The molecule has 0 saturated heterocycles. The second kappa shape index (κ2) is 9.58. The Labute approximate surface area is 156 Å². The summed E-state index contributed by atoms with van der Waals surface area (Å²) in [5.41, 5.74) is 0.590. The molecule has 0 bridgehead atoms.